The Morgan fingerprint density at radius 1 is 1.60 bits per heavy atom. The molecule has 0 aliphatic carbocycles. The summed E-state index contributed by atoms with van der Waals surface area (Å²) >= 11 is 0. The molecular formula is C10H20N4O. The lowest BCUT2D eigenvalue weighted by molar-refractivity contribution is 0.218. The van der Waals surface area contributed by atoms with E-state index in [-0.39, 0.29) is 12.5 Å². The molecule has 0 aliphatic heterocycles. The van der Waals surface area contributed by atoms with E-state index in [1.807, 2.05) is 13.1 Å². The lowest BCUT2D eigenvalue weighted by Gasteiger charge is -2.05. The van der Waals surface area contributed by atoms with Gasteiger partial charge in [0.2, 0.25) is 0 Å². The number of aliphatic hydroxyl groups is 1. The van der Waals surface area contributed by atoms with Crippen LogP contribution in [0.3, 0.4) is 0 Å². The molecule has 0 saturated heterocycles. The van der Waals surface area contributed by atoms with Gasteiger partial charge in [-0.1, -0.05) is 19.1 Å². The maximum Gasteiger partial charge on any atom is 0.0964 e. The smallest absolute Gasteiger partial charge is 0.0964 e. The molecule has 0 aromatic carbocycles. The summed E-state index contributed by atoms with van der Waals surface area (Å²) in [7, 11) is 0. The van der Waals surface area contributed by atoms with Crippen molar-refractivity contribution in [1.29, 1.82) is 0 Å². The summed E-state index contributed by atoms with van der Waals surface area (Å²) in [5.41, 5.74) is 0.952. The van der Waals surface area contributed by atoms with Gasteiger partial charge in [-0.15, -0.1) is 5.10 Å². The van der Waals surface area contributed by atoms with Crippen LogP contribution < -0.4 is 5.32 Å². The molecule has 1 rings (SSSR count). The minimum Gasteiger partial charge on any atom is -0.396 e. The first-order valence-electron chi connectivity index (χ1n) is 5.46. The summed E-state index contributed by atoms with van der Waals surface area (Å²) in [5, 5.41) is 20.2. The highest BCUT2D eigenvalue weighted by Gasteiger charge is 2.04. The molecule has 5 heteroatoms. The van der Waals surface area contributed by atoms with Gasteiger partial charge in [-0.25, -0.2) is 0 Å². The maximum absolute atomic E-state index is 8.90. The van der Waals surface area contributed by atoms with E-state index < -0.39 is 0 Å². The first kappa shape index (κ1) is 12.1. The Morgan fingerprint density at radius 2 is 2.40 bits per heavy atom. The van der Waals surface area contributed by atoms with Crippen LogP contribution in [0.15, 0.2) is 6.20 Å². The molecule has 0 bridgehead atoms. The Hall–Kier alpha value is -0.940. The summed E-state index contributed by atoms with van der Waals surface area (Å²) in [6.07, 6.45) is 3.05. The molecule has 0 spiro atoms. The van der Waals surface area contributed by atoms with Gasteiger partial charge in [0.15, 0.2) is 0 Å². The fraction of sp³-hybridized carbons (Fsp3) is 0.800. The van der Waals surface area contributed by atoms with E-state index >= 15 is 0 Å². The Labute approximate surface area is 90.5 Å². The highest BCUT2D eigenvalue weighted by atomic mass is 16.3. The van der Waals surface area contributed by atoms with Crippen molar-refractivity contribution in [2.75, 3.05) is 13.2 Å². The van der Waals surface area contributed by atoms with Crippen LogP contribution in [0, 0.1) is 5.92 Å². The van der Waals surface area contributed by atoms with Crippen LogP contribution in [-0.4, -0.2) is 33.3 Å². The minimum atomic E-state index is 0.184. The standard InChI is InChI=1S/C10H20N4O/c1-3-4-11-5-10-7-14(13-12-10)6-9(2)8-15/h7,9,11,15H,3-6,8H2,1-2H3. The van der Waals surface area contributed by atoms with Gasteiger partial charge in [0.05, 0.1) is 5.69 Å². The second kappa shape index (κ2) is 6.53. The van der Waals surface area contributed by atoms with Crippen LogP contribution in [0.2, 0.25) is 0 Å². The summed E-state index contributed by atoms with van der Waals surface area (Å²) in [6, 6.07) is 0. The van der Waals surface area contributed by atoms with Gasteiger partial charge in [-0.3, -0.25) is 4.68 Å². The average Bonchev–Trinajstić information content (AvgIpc) is 2.66. The molecule has 0 saturated carbocycles. The van der Waals surface area contributed by atoms with Gasteiger partial charge >= 0.3 is 0 Å². The Balaban J connectivity index is 2.35. The number of aromatic nitrogens is 3. The first-order valence-corrected chi connectivity index (χ1v) is 5.46. The van der Waals surface area contributed by atoms with E-state index in [0.29, 0.717) is 0 Å². The zero-order valence-corrected chi connectivity index (χ0v) is 9.48. The van der Waals surface area contributed by atoms with E-state index in [2.05, 4.69) is 22.6 Å². The van der Waals surface area contributed by atoms with Crippen LogP contribution in [0.25, 0.3) is 0 Å². The molecule has 0 radical (unpaired) electrons. The molecule has 1 unspecified atom stereocenters. The predicted molar refractivity (Wildman–Crippen MR) is 58.3 cm³/mol. The number of nitrogens with zero attached hydrogens (tertiary/aromatic N) is 3. The van der Waals surface area contributed by atoms with Gasteiger partial charge in [0.25, 0.3) is 0 Å². The zero-order valence-electron chi connectivity index (χ0n) is 9.48. The normalized spacial score (nSPS) is 13.0. The molecular weight excluding hydrogens is 192 g/mol. The highest BCUT2D eigenvalue weighted by molar-refractivity contribution is 4.91. The SMILES string of the molecule is CCCNCc1cn(CC(C)CO)nn1. The molecule has 0 amide bonds. The predicted octanol–water partition coefficient (Wildman–Crippen LogP) is 0.406. The third-order valence-electron chi connectivity index (χ3n) is 2.13. The molecule has 0 aliphatic rings. The van der Waals surface area contributed by atoms with E-state index in [9.17, 15) is 0 Å². The third kappa shape index (κ3) is 4.40. The van der Waals surface area contributed by atoms with Crippen LogP contribution in [0.1, 0.15) is 26.0 Å². The number of hydrogen-bond donors (Lipinski definition) is 2. The van der Waals surface area contributed by atoms with Crippen LogP contribution >= 0.6 is 0 Å². The van der Waals surface area contributed by atoms with Gasteiger partial charge in [0, 0.05) is 25.9 Å². The van der Waals surface area contributed by atoms with Crippen LogP contribution in [0.4, 0.5) is 0 Å². The van der Waals surface area contributed by atoms with Gasteiger partial charge < -0.3 is 10.4 Å². The Morgan fingerprint density at radius 3 is 3.07 bits per heavy atom. The number of rotatable bonds is 7. The van der Waals surface area contributed by atoms with Crippen LogP contribution in [-0.2, 0) is 13.1 Å². The lowest BCUT2D eigenvalue weighted by Crippen LogP contribution is -2.14. The average molecular weight is 212 g/mol. The van der Waals surface area contributed by atoms with Crippen molar-refractivity contribution in [3.05, 3.63) is 11.9 Å². The number of nitrogens with one attached hydrogen (secondary N) is 1. The summed E-state index contributed by atoms with van der Waals surface area (Å²) in [6.45, 7) is 6.78. The van der Waals surface area contributed by atoms with E-state index in [4.69, 9.17) is 5.11 Å². The van der Waals surface area contributed by atoms with Crippen molar-refractivity contribution < 1.29 is 5.11 Å². The molecule has 1 aromatic heterocycles. The maximum atomic E-state index is 8.90. The third-order valence-corrected chi connectivity index (χ3v) is 2.13. The highest BCUT2D eigenvalue weighted by Crippen LogP contribution is 1.99. The quantitative estimate of drug-likeness (QED) is 0.642. The second-order valence-corrected chi connectivity index (χ2v) is 3.90. The first-order chi connectivity index (χ1) is 7.26. The fourth-order valence-corrected chi connectivity index (χ4v) is 1.28. The van der Waals surface area contributed by atoms with Crippen molar-refractivity contribution in [2.24, 2.45) is 5.92 Å². The monoisotopic (exact) mass is 212 g/mol. The van der Waals surface area contributed by atoms with E-state index in [1.165, 1.54) is 0 Å². The minimum absolute atomic E-state index is 0.184. The number of hydrogen-bond acceptors (Lipinski definition) is 4. The van der Waals surface area contributed by atoms with Crippen molar-refractivity contribution in [3.63, 3.8) is 0 Å². The molecule has 15 heavy (non-hydrogen) atoms. The summed E-state index contributed by atoms with van der Waals surface area (Å²) < 4.78 is 1.78. The second-order valence-electron chi connectivity index (χ2n) is 3.90. The molecule has 86 valence electrons. The molecule has 2 N–H and O–H groups in total. The summed E-state index contributed by atoms with van der Waals surface area (Å²) in [5.74, 6) is 0.225. The molecule has 1 aromatic rings. The molecule has 5 nitrogen and oxygen atoms in total. The Kier molecular flexibility index (Phi) is 5.28. The molecule has 0 fully saturated rings. The van der Waals surface area contributed by atoms with Crippen molar-refractivity contribution in [3.8, 4) is 0 Å². The number of aliphatic hydroxyl groups excluding tert-OH is 1. The molecule has 1 atom stereocenters. The Bertz CT molecular complexity index is 274. The largest absolute Gasteiger partial charge is 0.396 e. The van der Waals surface area contributed by atoms with Gasteiger partial charge in [-0.2, -0.15) is 0 Å². The van der Waals surface area contributed by atoms with E-state index in [1.54, 1.807) is 4.68 Å². The van der Waals surface area contributed by atoms with E-state index in [0.717, 1.165) is 31.7 Å². The van der Waals surface area contributed by atoms with Gasteiger partial charge in [-0.05, 0) is 18.9 Å². The molecule has 1 heterocycles. The van der Waals surface area contributed by atoms with Crippen LogP contribution in [0.5, 0.6) is 0 Å². The fourth-order valence-electron chi connectivity index (χ4n) is 1.28. The van der Waals surface area contributed by atoms with Gasteiger partial charge in [0.1, 0.15) is 0 Å². The zero-order chi connectivity index (χ0) is 11.1. The van der Waals surface area contributed by atoms with Crippen molar-refractivity contribution in [1.82, 2.24) is 20.3 Å². The topological polar surface area (TPSA) is 63.0 Å². The summed E-state index contributed by atoms with van der Waals surface area (Å²) in [4.78, 5) is 0. The lowest BCUT2D eigenvalue weighted by atomic mass is 10.2. The van der Waals surface area contributed by atoms with Crippen molar-refractivity contribution in [2.45, 2.75) is 33.4 Å². The van der Waals surface area contributed by atoms with Crippen molar-refractivity contribution >= 4 is 0 Å².